The third-order valence-corrected chi connectivity index (χ3v) is 4.04. The summed E-state index contributed by atoms with van der Waals surface area (Å²) >= 11 is 0. The molecule has 2 aromatic carbocycles. The smallest absolute Gasteiger partial charge is 0.320 e. The van der Waals surface area contributed by atoms with E-state index in [2.05, 4.69) is 15.6 Å². The highest BCUT2D eigenvalue weighted by Gasteiger charge is 2.34. The summed E-state index contributed by atoms with van der Waals surface area (Å²) in [7, 11) is 0. The number of alkyl halides is 3. The van der Waals surface area contributed by atoms with Crippen LogP contribution in [-0.4, -0.2) is 20.9 Å². The van der Waals surface area contributed by atoms with Crippen LogP contribution in [0.3, 0.4) is 0 Å². The SMILES string of the molecule is Cc1cccc(NC(=O)c2cn(-c3ccccc3C(F)(F)F)nn2)c1C. The Kier molecular flexibility index (Phi) is 4.50. The molecule has 5 nitrogen and oxygen atoms in total. The van der Waals surface area contributed by atoms with Crippen LogP contribution in [0.15, 0.2) is 48.7 Å². The summed E-state index contributed by atoms with van der Waals surface area (Å²) in [6.45, 7) is 3.77. The van der Waals surface area contributed by atoms with Crippen LogP contribution in [0.4, 0.5) is 18.9 Å². The van der Waals surface area contributed by atoms with E-state index in [-0.39, 0.29) is 11.4 Å². The third-order valence-electron chi connectivity index (χ3n) is 4.04. The maximum atomic E-state index is 13.1. The van der Waals surface area contributed by atoms with Gasteiger partial charge in [0.25, 0.3) is 5.91 Å². The van der Waals surface area contributed by atoms with Crippen LogP contribution in [-0.2, 0) is 6.18 Å². The molecule has 0 unspecified atom stereocenters. The number of amides is 1. The van der Waals surface area contributed by atoms with E-state index in [9.17, 15) is 18.0 Å². The van der Waals surface area contributed by atoms with Crippen LogP contribution in [0.25, 0.3) is 5.69 Å². The number of carbonyl (C=O) groups excluding carboxylic acids is 1. The van der Waals surface area contributed by atoms with E-state index < -0.39 is 17.6 Å². The second-order valence-electron chi connectivity index (χ2n) is 5.76. The van der Waals surface area contributed by atoms with Crippen LogP contribution in [0.1, 0.15) is 27.2 Å². The fraction of sp³-hybridized carbons (Fsp3) is 0.167. The number of aryl methyl sites for hydroxylation is 1. The van der Waals surface area contributed by atoms with Crippen molar-refractivity contribution in [2.45, 2.75) is 20.0 Å². The van der Waals surface area contributed by atoms with Crippen LogP contribution < -0.4 is 5.32 Å². The molecule has 0 bridgehead atoms. The molecule has 0 aliphatic carbocycles. The van der Waals surface area contributed by atoms with Crippen molar-refractivity contribution >= 4 is 11.6 Å². The fourth-order valence-corrected chi connectivity index (χ4v) is 2.47. The van der Waals surface area contributed by atoms with Crippen LogP contribution in [0.2, 0.25) is 0 Å². The first-order valence-electron chi connectivity index (χ1n) is 7.74. The molecule has 1 aromatic heterocycles. The monoisotopic (exact) mass is 360 g/mol. The number of carbonyl (C=O) groups is 1. The molecule has 0 aliphatic heterocycles. The van der Waals surface area contributed by atoms with E-state index in [1.54, 1.807) is 12.1 Å². The number of nitrogens with zero attached hydrogens (tertiary/aromatic N) is 3. The minimum Gasteiger partial charge on any atom is -0.320 e. The van der Waals surface area contributed by atoms with Crippen molar-refractivity contribution in [2.75, 3.05) is 5.32 Å². The van der Waals surface area contributed by atoms with Gasteiger partial charge in [-0.05, 0) is 43.2 Å². The Hall–Kier alpha value is -3.16. The Bertz CT molecular complexity index is 963. The molecule has 1 heterocycles. The number of rotatable bonds is 3. The zero-order valence-electron chi connectivity index (χ0n) is 14.0. The summed E-state index contributed by atoms with van der Waals surface area (Å²) in [5.41, 5.74) is 1.38. The molecule has 26 heavy (non-hydrogen) atoms. The van der Waals surface area contributed by atoms with Gasteiger partial charge in [-0.1, -0.05) is 29.5 Å². The number of hydrogen-bond acceptors (Lipinski definition) is 3. The van der Waals surface area contributed by atoms with E-state index in [0.717, 1.165) is 21.9 Å². The average molecular weight is 360 g/mol. The van der Waals surface area contributed by atoms with Gasteiger partial charge in [0.2, 0.25) is 0 Å². The van der Waals surface area contributed by atoms with Gasteiger partial charge in [0.15, 0.2) is 5.69 Å². The molecular formula is C18H15F3N4O. The molecular weight excluding hydrogens is 345 g/mol. The van der Waals surface area contributed by atoms with Crippen molar-refractivity contribution in [2.24, 2.45) is 0 Å². The van der Waals surface area contributed by atoms with Gasteiger partial charge in [-0.15, -0.1) is 5.10 Å². The Morgan fingerprint density at radius 3 is 2.54 bits per heavy atom. The molecule has 0 saturated heterocycles. The van der Waals surface area contributed by atoms with Gasteiger partial charge < -0.3 is 5.32 Å². The summed E-state index contributed by atoms with van der Waals surface area (Å²) < 4.78 is 40.3. The first-order valence-corrected chi connectivity index (χ1v) is 7.74. The summed E-state index contributed by atoms with van der Waals surface area (Å²) in [6.07, 6.45) is -3.37. The number of benzene rings is 2. The van der Waals surface area contributed by atoms with E-state index >= 15 is 0 Å². The molecule has 0 spiro atoms. The zero-order valence-corrected chi connectivity index (χ0v) is 14.0. The first-order chi connectivity index (χ1) is 12.3. The van der Waals surface area contributed by atoms with Crippen molar-refractivity contribution < 1.29 is 18.0 Å². The summed E-state index contributed by atoms with van der Waals surface area (Å²) in [4.78, 5) is 12.4. The third kappa shape index (κ3) is 3.44. The Balaban J connectivity index is 1.89. The molecule has 1 N–H and O–H groups in total. The van der Waals surface area contributed by atoms with E-state index in [1.165, 1.54) is 24.4 Å². The largest absolute Gasteiger partial charge is 0.418 e. The summed E-state index contributed by atoms with van der Waals surface area (Å²) in [5.74, 6) is -0.547. The average Bonchev–Trinajstić information content (AvgIpc) is 3.08. The number of para-hydroxylation sites is 1. The van der Waals surface area contributed by atoms with Crippen molar-refractivity contribution in [3.8, 4) is 5.69 Å². The minimum absolute atomic E-state index is 0.0807. The topological polar surface area (TPSA) is 59.8 Å². The highest BCUT2D eigenvalue weighted by Crippen LogP contribution is 2.33. The van der Waals surface area contributed by atoms with Crippen LogP contribution in [0.5, 0.6) is 0 Å². The molecule has 0 saturated carbocycles. The maximum Gasteiger partial charge on any atom is 0.418 e. The Labute approximate surface area is 147 Å². The van der Waals surface area contributed by atoms with Crippen molar-refractivity contribution in [1.29, 1.82) is 0 Å². The fourth-order valence-electron chi connectivity index (χ4n) is 2.47. The molecule has 0 radical (unpaired) electrons. The van der Waals surface area contributed by atoms with Crippen molar-refractivity contribution in [3.05, 3.63) is 71.0 Å². The highest BCUT2D eigenvalue weighted by atomic mass is 19.4. The Morgan fingerprint density at radius 2 is 1.81 bits per heavy atom. The molecule has 8 heteroatoms. The molecule has 3 aromatic rings. The molecule has 0 atom stereocenters. The number of anilines is 1. The lowest BCUT2D eigenvalue weighted by Crippen LogP contribution is -2.13. The van der Waals surface area contributed by atoms with Crippen molar-refractivity contribution in [3.63, 3.8) is 0 Å². The predicted molar refractivity (Wildman–Crippen MR) is 90.2 cm³/mol. The van der Waals surface area contributed by atoms with Gasteiger partial charge in [0, 0.05) is 5.69 Å². The quantitative estimate of drug-likeness (QED) is 0.763. The molecule has 0 aliphatic rings. The maximum absolute atomic E-state index is 13.1. The summed E-state index contributed by atoms with van der Waals surface area (Å²) in [6, 6.07) is 10.4. The number of halogens is 3. The molecule has 134 valence electrons. The highest BCUT2D eigenvalue weighted by molar-refractivity contribution is 6.03. The number of hydrogen-bond donors (Lipinski definition) is 1. The van der Waals surface area contributed by atoms with Gasteiger partial charge >= 0.3 is 6.18 Å². The lowest BCUT2D eigenvalue weighted by Gasteiger charge is -2.11. The van der Waals surface area contributed by atoms with Gasteiger partial charge in [0.05, 0.1) is 17.4 Å². The van der Waals surface area contributed by atoms with Crippen molar-refractivity contribution in [1.82, 2.24) is 15.0 Å². The van der Waals surface area contributed by atoms with Gasteiger partial charge in [0.1, 0.15) is 0 Å². The number of nitrogens with one attached hydrogen (secondary N) is 1. The summed E-state index contributed by atoms with van der Waals surface area (Å²) in [5, 5.41) is 10.1. The van der Waals surface area contributed by atoms with Gasteiger partial charge in [-0.2, -0.15) is 13.2 Å². The number of aromatic nitrogens is 3. The van der Waals surface area contributed by atoms with E-state index in [0.29, 0.717) is 5.69 Å². The van der Waals surface area contributed by atoms with Crippen LogP contribution in [0, 0.1) is 13.8 Å². The lowest BCUT2D eigenvalue weighted by molar-refractivity contribution is -0.137. The molecule has 0 fully saturated rings. The standard InChI is InChI=1S/C18H15F3N4O/c1-11-6-5-8-14(12(11)2)22-17(26)15-10-25(24-23-15)16-9-4-3-7-13(16)18(19,20)21/h3-10H,1-2H3,(H,22,26). The predicted octanol–water partition coefficient (Wildman–Crippen LogP) is 4.16. The molecule has 1 amide bonds. The van der Waals surface area contributed by atoms with E-state index in [1.807, 2.05) is 19.9 Å². The lowest BCUT2D eigenvalue weighted by atomic mass is 10.1. The normalized spacial score (nSPS) is 11.4. The van der Waals surface area contributed by atoms with Gasteiger partial charge in [-0.3, -0.25) is 4.79 Å². The Morgan fingerprint density at radius 1 is 1.08 bits per heavy atom. The van der Waals surface area contributed by atoms with E-state index in [4.69, 9.17) is 0 Å². The second-order valence-corrected chi connectivity index (χ2v) is 5.76. The second kappa shape index (κ2) is 6.62. The zero-order chi connectivity index (χ0) is 18.9. The molecule has 3 rings (SSSR count). The minimum atomic E-state index is -4.54. The van der Waals surface area contributed by atoms with Gasteiger partial charge in [-0.25, -0.2) is 4.68 Å². The van der Waals surface area contributed by atoms with Crippen LogP contribution >= 0.6 is 0 Å². The first kappa shape index (κ1) is 17.7.